The summed E-state index contributed by atoms with van der Waals surface area (Å²) < 4.78 is 37.0. The van der Waals surface area contributed by atoms with Crippen LogP contribution in [-0.2, 0) is 16.6 Å². The summed E-state index contributed by atoms with van der Waals surface area (Å²) in [7, 11) is -2.24. The number of halogens is 1. The number of hydrogen-bond acceptors (Lipinski definition) is 5. The van der Waals surface area contributed by atoms with Crippen LogP contribution < -0.4 is 14.3 Å². The smallest absolute Gasteiger partial charge is 0.308 e. The topological polar surface area (TPSA) is 77.4 Å². The second-order valence-corrected chi connectivity index (χ2v) is 11.9. The molecule has 0 bridgehead atoms. The molecule has 0 amide bonds. The Labute approximate surface area is 214 Å². The average Bonchev–Trinajstić information content (AvgIpc) is 3.14. The third-order valence-corrected chi connectivity index (χ3v) is 8.54. The van der Waals surface area contributed by atoms with Gasteiger partial charge in [-0.3, -0.25) is 9.36 Å². The normalized spacial score (nSPS) is 12.8. The lowest BCUT2D eigenvalue weighted by atomic mass is 9.98. The first-order valence-electron chi connectivity index (χ1n) is 11.2. The van der Waals surface area contributed by atoms with E-state index in [1.807, 2.05) is 42.5 Å². The number of sulfonamides is 1. The Morgan fingerprint density at radius 1 is 1.06 bits per heavy atom. The molecule has 0 saturated carbocycles. The Hall–Kier alpha value is -2.65. The molecule has 0 aliphatic carbocycles. The molecular weight excluding hydrogens is 504 g/mol. The van der Waals surface area contributed by atoms with Crippen LogP contribution in [0.3, 0.4) is 0 Å². The highest BCUT2D eigenvalue weighted by atomic mass is 35.5. The minimum atomic E-state index is -3.84. The summed E-state index contributed by atoms with van der Waals surface area (Å²) in [6.07, 6.45) is 0.634. The molecular formula is C26H27ClN2O4S2. The predicted octanol–water partition coefficient (Wildman–Crippen LogP) is 5.84. The molecule has 184 valence electrons. The molecule has 4 rings (SSSR count). The third-order valence-electron chi connectivity index (χ3n) is 5.76. The molecule has 1 N–H and O–H groups in total. The van der Waals surface area contributed by atoms with Crippen molar-refractivity contribution < 1.29 is 13.2 Å². The van der Waals surface area contributed by atoms with Crippen molar-refractivity contribution in [3.8, 4) is 5.75 Å². The third kappa shape index (κ3) is 5.78. The van der Waals surface area contributed by atoms with Crippen LogP contribution in [0.5, 0.6) is 5.75 Å². The van der Waals surface area contributed by atoms with Crippen LogP contribution in [0.1, 0.15) is 37.4 Å². The lowest BCUT2D eigenvalue weighted by Gasteiger charge is -2.21. The van der Waals surface area contributed by atoms with Gasteiger partial charge >= 0.3 is 4.87 Å². The molecule has 1 heterocycles. The summed E-state index contributed by atoms with van der Waals surface area (Å²) in [6, 6.07) is 19.1. The average molecular weight is 531 g/mol. The maximum atomic E-state index is 13.4. The molecule has 0 unspecified atom stereocenters. The molecule has 0 aliphatic heterocycles. The van der Waals surface area contributed by atoms with Crippen molar-refractivity contribution in [2.75, 3.05) is 7.11 Å². The number of aromatic nitrogens is 1. The quantitative estimate of drug-likeness (QED) is 0.295. The highest BCUT2D eigenvalue weighted by molar-refractivity contribution is 7.89. The maximum absolute atomic E-state index is 13.4. The van der Waals surface area contributed by atoms with Crippen LogP contribution >= 0.6 is 22.9 Å². The van der Waals surface area contributed by atoms with Gasteiger partial charge in [-0.15, -0.1) is 0 Å². The molecule has 0 saturated heterocycles. The molecule has 3 aromatic carbocycles. The van der Waals surface area contributed by atoms with Gasteiger partial charge in [0.25, 0.3) is 0 Å². The summed E-state index contributed by atoms with van der Waals surface area (Å²) in [5.41, 5.74) is 2.36. The van der Waals surface area contributed by atoms with Crippen molar-refractivity contribution in [1.29, 1.82) is 0 Å². The van der Waals surface area contributed by atoms with Crippen LogP contribution in [-0.4, -0.2) is 20.1 Å². The fraction of sp³-hybridized carbons (Fsp3) is 0.269. The van der Waals surface area contributed by atoms with Gasteiger partial charge in [-0.05, 0) is 59.9 Å². The van der Waals surface area contributed by atoms with Gasteiger partial charge in [0.2, 0.25) is 10.0 Å². The number of nitrogens with one attached hydrogen (secondary N) is 1. The molecule has 6 nitrogen and oxygen atoms in total. The fourth-order valence-electron chi connectivity index (χ4n) is 3.98. The molecule has 35 heavy (non-hydrogen) atoms. The minimum absolute atomic E-state index is 0.124. The Morgan fingerprint density at radius 2 is 1.77 bits per heavy atom. The predicted molar refractivity (Wildman–Crippen MR) is 142 cm³/mol. The molecule has 0 radical (unpaired) electrons. The number of hydrogen-bond donors (Lipinski definition) is 1. The lowest BCUT2D eigenvalue weighted by Crippen LogP contribution is -2.29. The van der Waals surface area contributed by atoms with Gasteiger partial charge in [0.1, 0.15) is 5.75 Å². The zero-order valence-electron chi connectivity index (χ0n) is 19.7. The first-order chi connectivity index (χ1) is 16.7. The van der Waals surface area contributed by atoms with E-state index in [0.29, 0.717) is 34.0 Å². The van der Waals surface area contributed by atoms with Gasteiger partial charge < -0.3 is 4.74 Å². The lowest BCUT2D eigenvalue weighted by molar-refractivity contribution is 0.414. The Balaban J connectivity index is 1.65. The molecule has 0 aliphatic rings. The van der Waals surface area contributed by atoms with Crippen molar-refractivity contribution in [3.05, 3.63) is 92.5 Å². The van der Waals surface area contributed by atoms with Crippen molar-refractivity contribution in [2.45, 2.75) is 37.8 Å². The van der Waals surface area contributed by atoms with Gasteiger partial charge in [-0.25, -0.2) is 13.1 Å². The summed E-state index contributed by atoms with van der Waals surface area (Å²) >= 11 is 7.30. The first-order valence-corrected chi connectivity index (χ1v) is 13.9. The minimum Gasteiger partial charge on any atom is -0.497 e. The zero-order chi connectivity index (χ0) is 25.2. The van der Waals surface area contributed by atoms with E-state index < -0.39 is 16.1 Å². The van der Waals surface area contributed by atoms with Crippen LogP contribution in [0.15, 0.2) is 76.4 Å². The Bertz CT molecular complexity index is 1490. The summed E-state index contributed by atoms with van der Waals surface area (Å²) in [5, 5.41) is 0.580. The molecule has 0 fully saturated rings. The summed E-state index contributed by atoms with van der Waals surface area (Å²) in [6.45, 7) is 4.42. The van der Waals surface area contributed by atoms with E-state index in [4.69, 9.17) is 16.3 Å². The highest BCUT2D eigenvalue weighted by Gasteiger charge is 2.23. The number of fused-ring (bicyclic) bond motifs is 1. The Morgan fingerprint density at radius 3 is 2.43 bits per heavy atom. The Kier molecular flexibility index (Phi) is 7.66. The van der Waals surface area contributed by atoms with Crippen molar-refractivity contribution in [3.63, 3.8) is 0 Å². The SMILES string of the molecule is COc1ccc([C@H](CC(C)C)NS(=O)(=O)c2ccc3c(c2)sc(=O)n3Cc2ccccc2Cl)cc1. The summed E-state index contributed by atoms with van der Waals surface area (Å²) in [5.74, 6) is 0.984. The second-order valence-electron chi connectivity index (χ2n) is 8.75. The zero-order valence-corrected chi connectivity index (χ0v) is 22.1. The fourth-order valence-corrected chi connectivity index (χ4v) is 6.44. The highest BCUT2D eigenvalue weighted by Crippen LogP contribution is 2.28. The van der Waals surface area contributed by atoms with Crippen LogP contribution in [0.4, 0.5) is 0 Å². The van der Waals surface area contributed by atoms with Crippen LogP contribution in [0.2, 0.25) is 5.02 Å². The van der Waals surface area contributed by atoms with E-state index in [-0.39, 0.29) is 15.7 Å². The number of rotatable bonds is 9. The second kappa shape index (κ2) is 10.5. The van der Waals surface area contributed by atoms with Crippen LogP contribution in [0.25, 0.3) is 10.2 Å². The van der Waals surface area contributed by atoms with Gasteiger partial charge in [0, 0.05) is 11.1 Å². The van der Waals surface area contributed by atoms with Gasteiger partial charge in [-0.1, -0.05) is 67.1 Å². The van der Waals surface area contributed by atoms with E-state index in [9.17, 15) is 13.2 Å². The van der Waals surface area contributed by atoms with Gasteiger partial charge in [0.05, 0.1) is 28.8 Å². The maximum Gasteiger partial charge on any atom is 0.308 e. The van der Waals surface area contributed by atoms with E-state index in [2.05, 4.69) is 18.6 Å². The van der Waals surface area contributed by atoms with E-state index in [1.165, 1.54) is 0 Å². The largest absolute Gasteiger partial charge is 0.497 e. The molecule has 1 aromatic heterocycles. The molecule has 1 atom stereocenters. The standard InChI is InChI=1S/C26H27ClN2O4S2/c1-17(2)14-23(18-8-10-20(33-3)11-9-18)28-35(31,32)21-12-13-24-25(15-21)34-26(30)29(24)16-19-6-4-5-7-22(19)27/h4-13,15,17,23,28H,14,16H2,1-3H3/t23-/m0/s1. The number of benzene rings is 3. The molecule has 0 spiro atoms. The molecule has 4 aromatic rings. The van der Waals surface area contributed by atoms with Crippen LogP contribution in [0, 0.1) is 5.92 Å². The van der Waals surface area contributed by atoms with Gasteiger partial charge in [0.15, 0.2) is 0 Å². The number of ether oxygens (including phenoxy) is 1. The molecule has 9 heteroatoms. The number of thiazole rings is 1. The van der Waals surface area contributed by atoms with E-state index >= 15 is 0 Å². The van der Waals surface area contributed by atoms with E-state index in [1.54, 1.807) is 35.9 Å². The van der Waals surface area contributed by atoms with Gasteiger partial charge in [-0.2, -0.15) is 0 Å². The number of nitrogens with zero attached hydrogens (tertiary/aromatic N) is 1. The summed E-state index contributed by atoms with van der Waals surface area (Å²) in [4.78, 5) is 12.7. The van der Waals surface area contributed by atoms with Crippen molar-refractivity contribution in [1.82, 2.24) is 9.29 Å². The van der Waals surface area contributed by atoms with Crippen molar-refractivity contribution >= 4 is 43.2 Å². The monoisotopic (exact) mass is 530 g/mol. The van der Waals surface area contributed by atoms with Crippen molar-refractivity contribution in [2.24, 2.45) is 5.92 Å². The van der Waals surface area contributed by atoms with E-state index in [0.717, 1.165) is 22.5 Å². The first kappa shape index (κ1) is 25.4. The number of methoxy groups -OCH3 is 1.